The Kier molecular flexibility index (Phi) is 6.73. The number of methoxy groups -OCH3 is 1. The van der Waals surface area contributed by atoms with Crippen LogP contribution in [0.15, 0.2) is 48.5 Å². The number of anilines is 1. The maximum Gasteiger partial charge on any atom is 0.260 e. The number of carbonyl (C=O) groups is 3. The Bertz CT molecular complexity index is 791. The van der Waals surface area contributed by atoms with Crippen molar-refractivity contribution in [1.82, 2.24) is 4.90 Å². The van der Waals surface area contributed by atoms with Gasteiger partial charge in [-0.05, 0) is 24.3 Å². The van der Waals surface area contributed by atoms with Crippen molar-refractivity contribution in [2.75, 3.05) is 32.6 Å². The lowest BCUT2D eigenvalue weighted by Crippen LogP contribution is -2.37. The van der Waals surface area contributed by atoms with Crippen LogP contribution in [0.4, 0.5) is 5.69 Å². The van der Waals surface area contributed by atoms with Gasteiger partial charge in [-0.25, -0.2) is 0 Å². The summed E-state index contributed by atoms with van der Waals surface area (Å²) in [7, 11) is 3.04. The highest BCUT2D eigenvalue weighted by molar-refractivity contribution is 5.94. The van der Waals surface area contributed by atoms with Crippen LogP contribution >= 0.6 is 0 Å². The van der Waals surface area contributed by atoms with Crippen molar-refractivity contribution in [3.8, 4) is 11.5 Å². The number of hydrogen-bond acceptors (Lipinski definition) is 5. The molecule has 0 saturated heterocycles. The summed E-state index contributed by atoms with van der Waals surface area (Å²) < 4.78 is 10.5. The van der Waals surface area contributed by atoms with Crippen molar-refractivity contribution in [1.29, 1.82) is 0 Å². The molecule has 136 valence electrons. The van der Waals surface area contributed by atoms with Crippen LogP contribution in [-0.2, 0) is 9.59 Å². The number of carbonyl (C=O) groups excluding carboxylic acids is 3. The summed E-state index contributed by atoms with van der Waals surface area (Å²) in [5, 5.41) is 2.69. The second kappa shape index (κ2) is 9.22. The van der Waals surface area contributed by atoms with E-state index in [2.05, 4.69) is 5.32 Å². The summed E-state index contributed by atoms with van der Waals surface area (Å²) in [6, 6.07) is 13.5. The van der Waals surface area contributed by atoms with E-state index >= 15 is 0 Å². The second-order valence-electron chi connectivity index (χ2n) is 5.47. The predicted molar refractivity (Wildman–Crippen MR) is 96.6 cm³/mol. The SMILES string of the molecule is COc1cccc(NC(=O)CN(C)C(=O)COc2ccccc2C=O)c1. The first-order chi connectivity index (χ1) is 12.5. The van der Waals surface area contributed by atoms with Crippen LogP contribution in [0.2, 0.25) is 0 Å². The zero-order chi connectivity index (χ0) is 18.9. The fourth-order valence-corrected chi connectivity index (χ4v) is 2.16. The standard InChI is InChI=1S/C19H20N2O5/c1-21(11-18(23)20-15-7-5-8-16(10-15)25-2)19(24)13-26-17-9-4-3-6-14(17)12-22/h3-10,12H,11,13H2,1-2H3,(H,20,23). The topological polar surface area (TPSA) is 84.9 Å². The van der Waals surface area contributed by atoms with Crippen molar-refractivity contribution in [3.05, 3.63) is 54.1 Å². The van der Waals surface area contributed by atoms with E-state index in [1.165, 1.54) is 19.1 Å². The molecular weight excluding hydrogens is 336 g/mol. The van der Waals surface area contributed by atoms with Crippen LogP contribution in [0, 0.1) is 0 Å². The molecule has 2 rings (SSSR count). The van der Waals surface area contributed by atoms with Crippen LogP contribution in [0.3, 0.4) is 0 Å². The van der Waals surface area contributed by atoms with Gasteiger partial charge in [0.2, 0.25) is 5.91 Å². The molecule has 0 aliphatic heterocycles. The molecule has 7 nitrogen and oxygen atoms in total. The highest BCUT2D eigenvalue weighted by Crippen LogP contribution is 2.17. The molecule has 0 spiro atoms. The van der Waals surface area contributed by atoms with Crippen molar-refractivity contribution in [3.63, 3.8) is 0 Å². The van der Waals surface area contributed by atoms with Gasteiger partial charge in [-0.1, -0.05) is 18.2 Å². The van der Waals surface area contributed by atoms with Crippen molar-refractivity contribution >= 4 is 23.8 Å². The van der Waals surface area contributed by atoms with Crippen LogP contribution in [-0.4, -0.2) is 50.3 Å². The smallest absolute Gasteiger partial charge is 0.260 e. The molecule has 7 heteroatoms. The van der Waals surface area contributed by atoms with Crippen molar-refractivity contribution in [2.45, 2.75) is 0 Å². The van der Waals surface area contributed by atoms with E-state index in [-0.39, 0.29) is 25.0 Å². The fraction of sp³-hybridized carbons (Fsp3) is 0.211. The number of amides is 2. The molecule has 0 saturated carbocycles. The first-order valence-corrected chi connectivity index (χ1v) is 7.88. The average molecular weight is 356 g/mol. The maximum absolute atomic E-state index is 12.1. The Labute approximate surface area is 151 Å². The number of rotatable bonds is 8. The molecule has 0 atom stereocenters. The molecule has 0 radical (unpaired) electrons. The van der Waals surface area contributed by atoms with E-state index in [9.17, 15) is 14.4 Å². The highest BCUT2D eigenvalue weighted by atomic mass is 16.5. The Morgan fingerprint density at radius 2 is 1.92 bits per heavy atom. The summed E-state index contributed by atoms with van der Waals surface area (Å²) in [6.45, 7) is -0.400. The van der Waals surface area contributed by atoms with Crippen LogP contribution in [0.1, 0.15) is 10.4 Å². The second-order valence-corrected chi connectivity index (χ2v) is 5.47. The molecule has 2 aromatic carbocycles. The number of hydrogen-bond donors (Lipinski definition) is 1. The first-order valence-electron chi connectivity index (χ1n) is 7.88. The number of nitrogens with one attached hydrogen (secondary N) is 1. The highest BCUT2D eigenvalue weighted by Gasteiger charge is 2.14. The quantitative estimate of drug-likeness (QED) is 0.731. The van der Waals surface area contributed by atoms with Gasteiger partial charge in [-0.15, -0.1) is 0 Å². The van der Waals surface area contributed by atoms with Gasteiger partial charge in [-0.2, -0.15) is 0 Å². The summed E-state index contributed by atoms with van der Waals surface area (Å²) in [5.74, 6) is 0.216. The molecule has 2 amide bonds. The Morgan fingerprint density at radius 1 is 1.15 bits per heavy atom. The molecule has 0 bridgehead atoms. The number of ether oxygens (including phenoxy) is 2. The predicted octanol–water partition coefficient (Wildman–Crippen LogP) is 1.98. The third-order valence-corrected chi connectivity index (χ3v) is 3.56. The summed E-state index contributed by atoms with van der Waals surface area (Å²) >= 11 is 0. The van der Waals surface area contributed by atoms with Gasteiger partial charge in [0.15, 0.2) is 12.9 Å². The van der Waals surface area contributed by atoms with Crippen molar-refractivity contribution < 1.29 is 23.9 Å². The van der Waals surface area contributed by atoms with Gasteiger partial charge in [0, 0.05) is 18.8 Å². The Hall–Kier alpha value is -3.35. The molecule has 26 heavy (non-hydrogen) atoms. The van der Waals surface area contributed by atoms with Gasteiger partial charge < -0.3 is 19.7 Å². The summed E-state index contributed by atoms with van der Waals surface area (Å²) in [6.07, 6.45) is 0.658. The lowest BCUT2D eigenvalue weighted by Gasteiger charge is -2.17. The first kappa shape index (κ1) is 19.0. The zero-order valence-electron chi connectivity index (χ0n) is 14.6. The molecule has 1 N–H and O–H groups in total. The fourth-order valence-electron chi connectivity index (χ4n) is 2.16. The number of benzene rings is 2. The minimum atomic E-state index is -0.383. The molecular formula is C19H20N2O5. The summed E-state index contributed by atoms with van der Waals surface area (Å²) in [5.41, 5.74) is 0.935. The molecule has 0 heterocycles. The van der Waals surface area contributed by atoms with Gasteiger partial charge in [0.05, 0.1) is 19.2 Å². The van der Waals surface area contributed by atoms with Gasteiger partial charge in [-0.3, -0.25) is 14.4 Å². The molecule has 0 unspecified atom stereocenters. The van der Waals surface area contributed by atoms with Crippen LogP contribution in [0.5, 0.6) is 11.5 Å². The number of likely N-dealkylation sites (N-methyl/N-ethyl adjacent to an activating group) is 1. The molecule has 2 aromatic rings. The minimum Gasteiger partial charge on any atom is -0.497 e. The summed E-state index contributed by atoms with van der Waals surface area (Å²) in [4.78, 5) is 36.4. The number of para-hydroxylation sites is 1. The molecule has 0 aliphatic carbocycles. The van der Waals surface area contributed by atoms with E-state index in [1.54, 1.807) is 48.5 Å². The lowest BCUT2D eigenvalue weighted by atomic mass is 10.2. The van der Waals surface area contributed by atoms with Crippen LogP contribution < -0.4 is 14.8 Å². The van der Waals surface area contributed by atoms with Gasteiger partial charge >= 0.3 is 0 Å². The van der Waals surface area contributed by atoms with E-state index in [4.69, 9.17) is 9.47 Å². The normalized spacial score (nSPS) is 9.92. The number of nitrogens with zero attached hydrogens (tertiary/aromatic N) is 1. The Balaban J connectivity index is 1.85. The molecule has 0 aliphatic rings. The van der Waals surface area contributed by atoms with Crippen molar-refractivity contribution in [2.24, 2.45) is 0 Å². The molecule has 0 aromatic heterocycles. The average Bonchev–Trinajstić information content (AvgIpc) is 2.66. The zero-order valence-corrected chi connectivity index (χ0v) is 14.6. The van der Waals surface area contributed by atoms with E-state index in [0.717, 1.165) is 0 Å². The third kappa shape index (κ3) is 5.34. The molecule has 0 fully saturated rings. The van der Waals surface area contributed by atoms with Crippen LogP contribution in [0.25, 0.3) is 0 Å². The largest absolute Gasteiger partial charge is 0.497 e. The Morgan fingerprint density at radius 3 is 2.65 bits per heavy atom. The lowest BCUT2D eigenvalue weighted by molar-refractivity contribution is -0.135. The maximum atomic E-state index is 12.1. The third-order valence-electron chi connectivity index (χ3n) is 3.56. The number of aldehydes is 1. The van der Waals surface area contributed by atoms with Gasteiger partial charge in [0.1, 0.15) is 11.5 Å². The minimum absolute atomic E-state index is 0.130. The van der Waals surface area contributed by atoms with E-state index < -0.39 is 0 Å². The van der Waals surface area contributed by atoms with E-state index in [1.807, 2.05) is 0 Å². The monoisotopic (exact) mass is 356 g/mol. The van der Waals surface area contributed by atoms with Gasteiger partial charge in [0.25, 0.3) is 5.91 Å². The van der Waals surface area contributed by atoms with E-state index in [0.29, 0.717) is 29.0 Å².